The lowest BCUT2D eigenvalue weighted by Gasteiger charge is -2.21. The van der Waals surface area contributed by atoms with Crippen molar-refractivity contribution in [2.24, 2.45) is 5.73 Å². The Morgan fingerprint density at radius 1 is 1.82 bits per heavy atom. The molecule has 1 saturated heterocycles. The van der Waals surface area contributed by atoms with Crippen molar-refractivity contribution in [1.82, 2.24) is 4.90 Å². The number of hydrogen-bond acceptors (Lipinski definition) is 3. The maximum atomic E-state index is 13.7. The number of hydrogen-bond donors (Lipinski definition) is 1. The van der Waals surface area contributed by atoms with Gasteiger partial charge in [0.1, 0.15) is 0 Å². The van der Waals surface area contributed by atoms with Crippen LogP contribution in [-0.4, -0.2) is 50.5 Å². The Labute approximate surface area is 66.3 Å². The number of rotatable bonds is 2. The second kappa shape index (κ2) is 3.05. The molecule has 66 valence electrons. The minimum atomic E-state index is -1.34. The fraction of sp³-hybridized carbons (Fsp3) is 1.00. The van der Waals surface area contributed by atoms with Crippen LogP contribution in [0.25, 0.3) is 0 Å². The molecule has 0 aromatic rings. The summed E-state index contributed by atoms with van der Waals surface area (Å²) in [5.41, 5.74) is 4.25. The van der Waals surface area contributed by atoms with E-state index in [2.05, 4.69) is 0 Å². The Hall–Kier alpha value is -0.190. The third kappa shape index (κ3) is 1.69. The summed E-state index contributed by atoms with van der Waals surface area (Å²) < 4.78 is 18.4. The van der Waals surface area contributed by atoms with Gasteiger partial charge in [-0.3, -0.25) is 0 Å². The lowest BCUT2D eigenvalue weighted by Crippen LogP contribution is -2.46. The molecular weight excluding hydrogens is 147 g/mol. The van der Waals surface area contributed by atoms with Gasteiger partial charge in [0.25, 0.3) is 0 Å². The van der Waals surface area contributed by atoms with Crippen LogP contribution in [0, 0.1) is 0 Å². The summed E-state index contributed by atoms with van der Waals surface area (Å²) >= 11 is 0. The second-order valence-corrected chi connectivity index (χ2v) is 3.27. The Bertz CT molecular complexity index is 144. The van der Waals surface area contributed by atoms with Crippen LogP contribution in [0.5, 0.6) is 0 Å². The molecule has 11 heavy (non-hydrogen) atoms. The molecule has 0 bridgehead atoms. The van der Waals surface area contributed by atoms with Crippen LogP contribution in [0.15, 0.2) is 0 Å². The first kappa shape index (κ1) is 8.90. The van der Waals surface area contributed by atoms with Gasteiger partial charge in [0.05, 0.1) is 12.6 Å². The number of likely N-dealkylation sites (tertiary alicyclic amines) is 1. The van der Waals surface area contributed by atoms with Crippen LogP contribution < -0.4 is 5.73 Å². The number of methoxy groups -OCH3 is 1. The summed E-state index contributed by atoms with van der Waals surface area (Å²) in [7, 11) is 3.35. The van der Waals surface area contributed by atoms with Crippen molar-refractivity contribution < 1.29 is 9.13 Å². The number of likely N-dealkylation sites (N-methyl/N-ethyl adjacent to an activating group) is 1. The Balaban J connectivity index is 2.55. The zero-order valence-electron chi connectivity index (χ0n) is 7.01. The van der Waals surface area contributed by atoms with E-state index in [-0.39, 0.29) is 6.61 Å². The summed E-state index contributed by atoms with van der Waals surface area (Å²) in [4.78, 5) is 1.88. The fourth-order valence-electron chi connectivity index (χ4n) is 1.52. The average molecular weight is 162 g/mol. The molecule has 0 aromatic heterocycles. The van der Waals surface area contributed by atoms with Gasteiger partial charge in [0.2, 0.25) is 0 Å². The van der Waals surface area contributed by atoms with Gasteiger partial charge in [-0.15, -0.1) is 0 Å². The van der Waals surface area contributed by atoms with Crippen molar-refractivity contribution >= 4 is 0 Å². The summed E-state index contributed by atoms with van der Waals surface area (Å²) in [5, 5.41) is 0. The Morgan fingerprint density at radius 3 is 2.82 bits per heavy atom. The van der Waals surface area contributed by atoms with Crippen molar-refractivity contribution in [2.45, 2.75) is 11.7 Å². The van der Waals surface area contributed by atoms with E-state index in [0.717, 1.165) is 0 Å². The van der Waals surface area contributed by atoms with E-state index in [1.54, 1.807) is 0 Å². The molecule has 1 fully saturated rings. The molecule has 3 nitrogen and oxygen atoms in total. The van der Waals surface area contributed by atoms with Crippen LogP contribution in [0.2, 0.25) is 0 Å². The largest absolute Gasteiger partial charge is 0.381 e. The van der Waals surface area contributed by atoms with Gasteiger partial charge >= 0.3 is 0 Å². The molecule has 2 N–H and O–H groups in total. The third-order valence-electron chi connectivity index (χ3n) is 2.09. The highest BCUT2D eigenvalue weighted by Gasteiger charge is 2.44. The van der Waals surface area contributed by atoms with E-state index >= 15 is 0 Å². The lowest BCUT2D eigenvalue weighted by molar-refractivity contribution is 0.0398. The molecule has 1 rings (SSSR count). The zero-order chi connectivity index (χ0) is 8.48. The van der Waals surface area contributed by atoms with Crippen molar-refractivity contribution in [1.29, 1.82) is 0 Å². The van der Waals surface area contributed by atoms with Gasteiger partial charge in [0, 0.05) is 20.2 Å². The highest BCUT2D eigenvalue weighted by molar-refractivity contribution is 4.99. The Kier molecular flexibility index (Phi) is 2.47. The maximum absolute atomic E-state index is 13.7. The summed E-state index contributed by atoms with van der Waals surface area (Å²) in [6, 6.07) is -0.410. The normalized spacial score (nSPS) is 39.8. The summed E-state index contributed by atoms with van der Waals surface area (Å²) in [5.74, 6) is 0. The second-order valence-electron chi connectivity index (χ2n) is 3.27. The predicted molar refractivity (Wildman–Crippen MR) is 41.2 cm³/mol. The third-order valence-corrected chi connectivity index (χ3v) is 2.09. The van der Waals surface area contributed by atoms with E-state index in [0.29, 0.717) is 13.1 Å². The van der Waals surface area contributed by atoms with Gasteiger partial charge in [-0.2, -0.15) is 0 Å². The number of ether oxygens (including phenoxy) is 1. The predicted octanol–water partition coefficient (Wildman–Crippen LogP) is -0.386. The van der Waals surface area contributed by atoms with E-state index in [4.69, 9.17) is 10.5 Å². The first-order valence-electron chi connectivity index (χ1n) is 3.70. The molecule has 1 heterocycles. The first-order valence-corrected chi connectivity index (χ1v) is 3.70. The molecule has 1 aliphatic heterocycles. The van der Waals surface area contributed by atoms with Gasteiger partial charge in [-0.25, -0.2) is 4.39 Å². The van der Waals surface area contributed by atoms with Gasteiger partial charge < -0.3 is 15.4 Å². The average Bonchev–Trinajstić information content (AvgIpc) is 2.08. The quantitative estimate of drug-likeness (QED) is 0.601. The molecule has 0 aromatic carbocycles. The van der Waals surface area contributed by atoms with Gasteiger partial charge in [-0.1, -0.05) is 0 Å². The minimum absolute atomic E-state index is 0.0957. The minimum Gasteiger partial charge on any atom is -0.381 e. The molecule has 1 aliphatic rings. The van der Waals surface area contributed by atoms with Crippen LogP contribution in [0.1, 0.15) is 0 Å². The molecule has 2 atom stereocenters. The summed E-state index contributed by atoms with van der Waals surface area (Å²) in [6.45, 7) is 1.08. The molecule has 0 radical (unpaired) electrons. The van der Waals surface area contributed by atoms with Gasteiger partial charge in [0.15, 0.2) is 5.67 Å². The van der Waals surface area contributed by atoms with E-state index in [9.17, 15) is 4.39 Å². The molecule has 4 heteroatoms. The SMILES string of the molecule is COCC1(F)CN(C)CC1N. The Morgan fingerprint density at radius 2 is 2.45 bits per heavy atom. The first-order chi connectivity index (χ1) is 5.08. The number of nitrogens with zero attached hydrogens (tertiary/aromatic N) is 1. The number of nitrogens with two attached hydrogens (primary N) is 1. The van der Waals surface area contributed by atoms with Crippen molar-refractivity contribution in [3.63, 3.8) is 0 Å². The van der Waals surface area contributed by atoms with E-state index in [1.165, 1.54) is 7.11 Å². The zero-order valence-corrected chi connectivity index (χ0v) is 7.01. The highest BCUT2D eigenvalue weighted by Crippen LogP contribution is 2.23. The smallest absolute Gasteiger partial charge is 0.162 e. The van der Waals surface area contributed by atoms with Gasteiger partial charge in [-0.05, 0) is 7.05 Å². The molecule has 2 unspecified atom stereocenters. The van der Waals surface area contributed by atoms with E-state index in [1.807, 2.05) is 11.9 Å². The molecule has 0 amide bonds. The fourth-order valence-corrected chi connectivity index (χ4v) is 1.52. The summed E-state index contributed by atoms with van der Waals surface area (Å²) in [6.07, 6.45) is 0. The standard InChI is InChI=1S/C7H15FN2O/c1-10-3-6(9)7(8,4-10)5-11-2/h6H,3-5,9H2,1-2H3. The van der Waals surface area contributed by atoms with E-state index < -0.39 is 11.7 Å². The number of alkyl halides is 1. The molecule has 0 spiro atoms. The van der Waals surface area contributed by atoms with Crippen LogP contribution in [0.3, 0.4) is 0 Å². The molecule has 0 saturated carbocycles. The lowest BCUT2D eigenvalue weighted by atomic mass is 10.0. The van der Waals surface area contributed by atoms with Crippen molar-refractivity contribution in [3.8, 4) is 0 Å². The van der Waals surface area contributed by atoms with Crippen molar-refractivity contribution in [2.75, 3.05) is 33.9 Å². The molecular formula is C7H15FN2O. The van der Waals surface area contributed by atoms with Crippen LogP contribution in [0.4, 0.5) is 4.39 Å². The monoisotopic (exact) mass is 162 g/mol. The van der Waals surface area contributed by atoms with Crippen LogP contribution >= 0.6 is 0 Å². The number of halogens is 1. The maximum Gasteiger partial charge on any atom is 0.162 e. The molecule has 0 aliphatic carbocycles. The highest BCUT2D eigenvalue weighted by atomic mass is 19.1. The topological polar surface area (TPSA) is 38.5 Å². The van der Waals surface area contributed by atoms with Crippen LogP contribution in [-0.2, 0) is 4.74 Å². The van der Waals surface area contributed by atoms with Crippen molar-refractivity contribution in [3.05, 3.63) is 0 Å².